The third kappa shape index (κ3) is 1.97. The Morgan fingerprint density at radius 3 is 2.69 bits per heavy atom. The Bertz CT molecular complexity index is 320. The average molecular weight is 211 g/mol. The van der Waals surface area contributed by atoms with E-state index < -0.39 is 22.7 Å². The normalized spacial score (nSPS) is 11.4. The number of rotatable bonds is 1. The monoisotopic (exact) mass is 211 g/mol. The second-order valence-corrected chi connectivity index (χ2v) is 2.87. The molecular formula is C6H4F3NO2S. The summed E-state index contributed by atoms with van der Waals surface area (Å²) in [5.41, 5.74) is 0.273. The van der Waals surface area contributed by atoms with E-state index in [9.17, 15) is 18.0 Å². The highest BCUT2D eigenvalue weighted by Crippen LogP contribution is 2.34. The summed E-state index contributed by atoms with van der Waals surface area (Å²) < 4.78 is 40.6. The van der Waals surface area contributed by atoms with Gasteiger partial charge in [-0.2, -0.15) is 13.2 Å². The zero-order valence-corrected chi connectivity index (χ0v) is 7.20. The summed E-state index contributed by atoms with van der Waals surface area (Å²) in [6, 6.07) is 0. The number of hydrogen-bond donors (Lipinski definition) is 0. The highest BCUT2D eigenvalue weighted by atomic mass is 32.1. The maximum Gasteiger partial charge on any atom is 0.428 e. The fourth-order valence-corrected chi connectivity index (χ4v) is 1.33. The van der Waals surface area contributed by atoms with Crippen molar-refractivity contribution < 1.29 is 22.7 Å². The molecule has 0 spiro atoms. The van der Waals surface area contributed by atoms with Crippen molar-refractivity contribution in [3.8, 4) is 0 Å². The predicted molar refractivity (Wildman–Crippen MR) is 38.5 cm³/mol. The van der Waals surface area contributed by atoms with Crippen molar-refractivity contribution in [2.75, 3.05) is 7.11 Å². The van der Waals surface area contributed by atoms with Gasteiger partial charge in [-0.05, 0) is 0 Å². The zero-order valence-electron chi connectivity index (χ0n) is 6.38. The van der Waals surface area contributed by atoms with Crippen molar-refractivity contribution in [2.45, 2.75) is 6.18 Å². The molecule has 0 N–H and O–H groups in total. The van der Waals surface area contributed by atoms with E-state index in [1.807, 2.05) is 0 Å². The minimum atomic E-state index is -4.55. The maximum atomic E-state index is 12.1. The average Bonchev–Trinajstić information content (AvgIpc) is 2.49. The van der Waals surface area contributed by atoms with Crippen LogP contribution in [-0.2, 0) is 10.9 Å². The van der Waals surface area contributed by atoms with Crippen LogP contribution in [0.2, 0.25) is 0 Å². The first-order valence-electron chi connectivity index (χ1n) is 3.06. The van der Waals surface area contributed by atoms with Crippen LogP contribution in [0.5, 0.6) is 0 Å². The highest BCUT2D eigenvalue weighted by molar-refractivity contribution is 7.10. The van der Waals surface area contributed by atoms with E-state index in [0.29, 0.717) is 11.3 Å². The number of carbonyl (C=O) groups excluding carboxylic acids is 1. The SMILES string of the molecule is COC(=O)c1ncsc1C(F)(F)F. The maximum absolute atomic E-state index is 12.1. The lowest BCUT2D eigenvalue weighted by atomic mass is 10.3. The quantitative estimate of drug-likeness (QED) is 0.666. The Morgan fingerprint density at radius 2 is 2.23 bits per heavy atom. The lowest BCUT2D eigenvalue weighted by molar-refractivity contribution is -0.135. The molecule has 1 aromatic heterocycles. The molecule has 1 aromatic rings. The second-order valence-electron chi connectivity index (χ2n) is 2.02. The number of thiazole rings is 1. The molecule has 0 aromatic carbocycles. The number of aromatic nitrogens is 1. The molecule has 0 aliphatic rings. The molecular weight excluding hydrogens is 207 g/mol. The Balaban J connectivity index is 3.10. The first-order valence-corrected chi connectivity index (χ1v) is 3.93. The van der Waals surface area contributed by atoms with Crippen molar-refractivity contribution in [1.82, 2.24) is 4.98 Å². The van der Waals surface area contributed by atoms with E-state index in [-0.39, 0.29) is 0 Å². The summed E-state index contributed by atoms with van der Waals surface area (Å²) in [6.45, 7) is 0. The van der Waals surface area contributed by atoms with Crippen molar-refractivity contribution in [3.05, 3.63) is 16.1 Å². The van der Waals surface area contributed by atoms with Gasteiger partial charge in [0.1, 0.15) is 4.88 Å². The topological polar surface area (TPSA) is 39.2 Å². The summed E-state index contributed by atoms with van der Waals surface area (Å²) in [6.07, 6.45) is -4.55. The van der Waals surface area contributed by atoms with Crippen LogP contribution in [0.15, 0.2) is 5.51 Å². The summed E-state index contributed by atoms with van der Waals surface area (Å²) in [5, 5.41) is 0. The molecule has 1 rings (SSSR count). The molecule has 0 fully saturated rings. The number of methoxy groups -OCH3 is 1. The fraction of sp³-hybridized carbons (Fsp3) is 0.333. The van der Waals surface area contributed by atoms with Gasteiger partial charge in [0.15, 0.2) is 5.69 Å². The van der Waals surface area contributed by atoms with Gasteiger partial charge in [0, 0.05) is 0 Å². The van der Waals surface area contributed by atoms with Gasteiger partial charge in [-0.25, -0.2) is 9.78 Å². The smallest absolute Gasteiger partial charge is 0.428 e. The van der Waals surface area contributed by atoms with Crippen LogP contribution in [-0.4, -0.2) is 18.1 Å². The number of halogens is 3. The molecule has 0 aliphatic carbocycles. The Kier molecular flexibility index (Phi) is 2.55. The van der Waals surface area contributed by atoms with Crippen molar-refractivity contribution in [1.29, 1.82) is 0 Å². The van der Waals surface area contributed by atoms with Crippen LogP contribution in [0.25, 0.3) is 0 Å². The van der Waals surface area contributed by atoms with Crippen molar-refractivity contribution in [3.63, 3.8) is 0 Å². The molecule has 7 heteroatoms. The van der Waals surface area contributed by atoms with E-state index in [2.05, 4.69) is 9.72 Å². The van der Waals surface area contributed by atoms with E-state index in [0.717, 1.165) is 12.6 Å². The Hall–Kier alpha value is -1.11. The zero-order chi connectivity index (χ0) is 10.1. The number of hydrogen-bond acceptors (Lipinski definition) is 4. The van der Waals surface area contributed by atoms with Gasteiger partial charge in [-0.1, -0.05) is 0 Å². The Morgan fingerprint density at radius 1 is 1.62 bits per heavy atom. The molecule has 13 heavy (non-hydrogen) atoms. The van der Waals surface area contributed by atoms with Crippen LogP contribution in [0.4, 0.5) is 13.2 Å². The molecule has 1 heterocycles. The number of ether oxygens (including phenoxy) is 1. The molecule has 3 nitrogen and oxygen atoms in total. The number of carbonyl (C=O) groups is 1. The van der Waals surface area contributed by atoms with Gasteiger partial charge in [-0.3, -0.25) is 0 Å². The van der Waals surface area contributed by atoms with E-state index in [1.165, 1.54) is 0 Å². The number of alkyl halides is 3. The lowest BCUT2D eigenvalue weighted by Crippen LogP contribution is -2.11. The third-order valence-electron chi connectivity index (χ3n) is 1.20. The molecule has 0 amide bonds. The van der Waals surface area contributed by atoms with Crippen LogP contribution < -0.4 is 0 Å². The largest absolute Gasteiger partial charge is 0.464 e. The fourth-order valence-electron chi connectivity index (χ4n) is 0.689. The molecule has 0 unspecified atom stereocenters. The molecule has 0 saturated heterocycles. The van der Waals surface area contributed by atoms with E-state index >= 15 is 0 Å². The summed E-state index contributed by atoms with van der Waals surface area (Å²) >= 11 is 0.363. The predicted octanol–water partition coefficient (Wildman–Crippen LogP) is 1.95. The first-order chi connectivity index (χ1) is 5.96. The van der Waals surface area contributed by atoms with Gasteiger partial charge in [0.2, 0.25) is 0 Å². The van der Waals surface area contributed by atoms with Crippen LogP contribution >= 0.6 is 11.3 Å². The number of esters is 1. The molecule has 0 aliphatic heterocycles. The van der Waals surface area contributed by atoms with E-state index in [1.54, 1.807) is 0 Å². The van der Waals surface area contributed by atoms with Crippen molar-refractivity contribution in [2.24, 2.45) is 0 Å². The highest BCUT2D eigenvalue weighted by Gasteiger charge is 2.38. The molecule has 0 atom stereocenters. The molecule has 0 bridgehead atoms. The van der Waals surface area contributed by atoms with Gasteiger partial charge in [-0.15, -0.1) is 11.3 Å². The minimum Gasteiger partial charge on any atom is -0.464 e. The summed E-state index contributed by atoms with van der Waals surface area (Å²) in [4.78, 5) is 13.0. The first kappa shape index (κ1) is 9.97. The second kappa shape index (κ2) is 3.33. The van der Waals surface area contributed by atoms with Gasteiger partial charge < -0.3 is 4.74 Å². The van der Waals surface area contributed by atoms with E-state index in [4.69, 9.17) is 0 Å². The standard InChI is InChI=1S/C6H4F3NO2S/c1-12-5(11)3-4(6(7,8)9)13-2-10-3/h2H,1H3. The molecule has 0 radical (unpaired) electrons. The van der Waals surface area contributed by atoms with Gasteiger partial charge in [0.25, 0.3) is 0 Å². The summed E-state index contributed by atoms with van der Waals surface area (Å²) in [7, 11) is 1.00. The van der Waals surface area contributed by atoms with Crippen LogP contribution in [0.1, 0.15) is 15.4 Å². The Labute approximate surface area is 75.2 Å². The third-order valence-corrected chi connectivity index (χ3v) is 2.07. The molecule has 72 valence electrons. The van der Waals surface area contributed by atoms with Gasteiger partial charge >= 0.3 is 12.1 Å². The summed E-state index contributed by atoms with van der Waals surface area (Å²) in [5.74, 6) is -1.08. The van der Waals surface area contributed by atoms with Crippen LogP contribution in [0.3, 0.4) is 0 Å². The number of nitrogens with zero attached hydrogens (tertiary/aromatic N) is 1. The lowest BCUT2D eigenvalue weighted by Gasteiger charge is -2.03. The van der Waals surface area contributed by atoms with Gasteiger partial charge in [0.05, 0.1) is 12.6 Å². The minimum absolute atomic E-state index is 0.363. The van der Waals surface area contributed by atoms with Crippen LogP contribution in [0, 0.1) is 0 Å². The van der Waals surface area contributed by atoms with Crippen molar-refractivity contribution >= 4 is 17.3 Å². The molecule has 0 saturated carbocycles.